The Morgan fingerprint density at radius 1 is 1.50 bits per heavy atom. The standard InChI is InChI=1S/C8H13NO4S/c1-2-14(10,11)13-8(7-9)3-5-12-6-4-8/h2-6H2,1H3. The highest BCUT2D eigenvalue weighted by Crippen LogP contribution is 2.26. The first-order valence-corrected chi connectivity index (χ1v) is 6.04. The van der Waals surface area contributed by atoms with E-state index >= 15 is 0 Å². The topological polar surface area (TPSA) is 76.4 Å². The molecule has 5 nitrogen and oxygen atoms in total. The molecule has 1 heterocycles. The van der Waals surface area contributed by atoms with Gasteiger partial charge in [-0.05, 0) is 6.92 Å². The smallest absolute Gasteiger partial charge is 0.268 e. The van der Waals surface area contributed by atoms with Crippen molar-refractivity contribution in [3.63, 3.8) is 0 Å². The third-order valence-electron chi connectivity index (χ3n) is 2.14. The Morgan fingerprint density at radius 3 is 2.50 bits per heavy atom. The second-order valence-electron chi connectivity index (χ2n) is 3.15. The first-order valence-electron chi connectivity index (χ1n) is 4.46. The fourth-order valence-corrected chi connectivity index (χ4v) is 2.02. The summed E-state index contributed by atoms with van der Waals surface area (Å²) < 4.78 is 32.4. The minimum atomic E-state index is -3.57. The summed E-state index contributed by atoms with van der Waals surface area (Å²) in [5, 5.41) is 8.91. The lowest BCUT2D eigenvalue weighted by atomic mass is 9.97. The van der Waals surface area contributed by atoms with Gasteiger partial charge in [0.05, 0.1) is 25.0 Å². The van der Waals surface area contributed by atoms with E-state index in [1.807, 2.05) is 6.07 Å². The van der Waals surface area contributed by atoms with Crippen molar-refractivity contribution in [1.29, 1.82) is 5.26 Å². The SMILES string of the molecule is CCS(=O)(=O)OC1(C#N)CCOCC1. The summed E-state index contributed by atoms with van der Waals surface area (Å²) >= 11 is 0. The van der Waals surface area contributed by atoms with Crippen LogP contribution in [0.25, 0.3) is 0 Å². The Labute approximate surface area is 83.7 Å². The lowest BCUT2D eigenvalue weighted by molar-refractivity contribution is -0.00871. The molecule has 0 aromatic heterocycles. The first kappa shape index (κ1) is 11.4. The molecule has 1 aliphatic heterocycles. The molecule has 0 spiro atoms. The van der Waals surface area contributed by atoms with E-state index < -0.39 is 15.7 Å². The Morgan fingerprint density at radius 2 is 2.07 bits per heavy atom. The van der Waals surface area contributed by atoms with Crippen molar-refractivity contribution in [3.8, 4) is 6.07 Å². The van der Waals surface area contributed by atoms with Gasteiger partial charge < -0.3 is 4.74 Å². The summed E-state index contributed by atoms with van der Waals surface area (Å²) in [6.07, 6.45) is 0.617. The van der Waals surface area contributed by atoms with Gasteiger partial charge in [-0.3, -0.25) is 0 Å². The average Bonchev–Trinajstić information content (AvgIpc) is 2.19. The van der Waals surface area contributed by atoms with Crippen molar-refractivity contribution in [2.75, 3.05) is 19.0 Å². The lowest BCUT2D eigenvalue weighted by Crippen LogP contribution is -2.39. The molecular formula is C8H13NO4S. The molecule has 0 saturated carbocycles. The number of nitrogens with zero attached hydrogens (tertiary/aromatic N) is 1. The van der Waals surface area contributed by atoms with E-state index in [0.717, 1.165) is 0 Å². The highest BCUT2D eigenvalue weighted by Gasteiger charge is 2.38. The summed E-state index contributed by atoms with van der Waals surface area (Å²) in [5.41, 5.74) is -1.20. The second kappa shape index (κ2) is 4.26. The lowest BCUT2D eigenvalue weighted by Gasteiger charge is -2.29. The average molecular weight is 219 g/mol. The van der Waals surface area contributed by atoms with Crippen LogP contribution in [0, 0.1) is 11.3 Å². The van der Waals surface area contributed by atoms with E-state index in [1.54, 1.807) is 0 Å². The molecule has 0 amide bonds. The van der Waals surface area contributed by atoms with Gasteiger partial charge in [0.15, 0.2) is 5.60 Å². The van der Waals surface area contributed by atoms with Gasteiger partial charge in [-0.15, -0.1) is 0 Å². The zero-order valence-corrected chi connectivity index (χ0v) is 8.84. The summed E-state index contributed by atoms with van der Waals surface area (Å²) in [5.74, 6) is -0.114. The van der Waals surface area contributed by atoms with E-state index in [1.165, 1.54) is 6.92 Å². The van der Waals surface area contributed by atoms with E-state index in [0.29, 0.717) is 26.1 Å². The summed E-state index contributed by atoms with van der Waals surface area (Å²) in [7, 11) is -3.57. The Hall–Kier alpha value is -0.640. The van der Waals surface area contributed by atoms with E-state index in [-0.39, 0.29) is 5.75 Å². The molecule has 80 valence electrons. The summed E-state index contributed by atoms with van der Waals surface area (Å²) in [6.45, 7) is 2.22. The summed E-state index contributed by atoms with van der Waals surface area (Å²) in [6, 6.07) is 1.93. The third-order valence-corrected chi connectivity index (χ3v) is 3.42. The molecular weight excluding hydrogens is 206 g/mol. The highest BCUT2D eigenvalue weighted by atomic mass is 32.2. The molecule has 0 unspecified atom stereocenters. The van der Waals surface area contributed by atoms with Crippen LogP contribution in [-0.2, 0) is 19.0 Å². The normalized spacial score (nSPS) is 21.4. The van der Waals surface area contributed by atoms with Crippen LogP contribution in [-0.4, -0.2) is 33.0 Å². The minimum Gasteiger partial charge on any atom is -0.381 e. The van der Waals surface area contributed by atoms with Gasteiger partial charge in [0, 0.05) is 12.8 Å². The molecule has 0 aliphatic carbocycles. The van der Waals surface area contributed by atoms with Gasteiger partial charge in [-0.25, -0.2) is 4.18 Å². The van der Waals surface area contributed by atoms with Crippen LogP contribution in [0.5, 0.6) is 0 Å². The molecule has 0 radical (unpaired) electrons. The molecule has 0 atom stereocenters. The van der Waals surface area contributed by atoms with Crippen molar-refractivity contribution in [2.45, 2.75) is 25.4 Å². The molecule has 0 N–H and O–H groups in total. The van der Waals surface area contributed by atoms with Crippen molar-refractivity contribution in [2.24, 2.45) is 0 Å². The maximum atomic E-state index is 11.2. The number of hydrogen-bond donors (Lipinski definition) is 0. The molecule has 1 rings (SSSR count). The van der Waals surface area contributed by atoms with Gasteiger partial charge in [0.1, 0.15) is 0 Å². The zero-order valence-electron chi connectivity index (χ0n) is 8.02. The van der Waals surface area contributed by atoms with Crippen molar-refractivity contribution in [1.82, 2.24) is 0 Å². The molecule has 1 saturated heterocycles. The van der Waals surface area contributed by atoms with Gasteiger partial charge in [-0.1, -0.05) is 0 Å². The predicted octanol–water partition coefficient (Wildman–Crippen LogP) is 0.425. The van der Waals surface area contributed by atoms with Gasteiger partial charge >= 0.3 is 0 Å². The highest BCUT2D eigenvalue weighted by molar-refractivity contribution is 7.86. The number of nitriles is 1. The zero-order chi connectivity index (χ0) is 10.7. The van der Waals surface area contributed by atoms with Crippen LogP contribution in [0.1, 0.15) is 19.8 Å². The maximum Gasteiger partial charge on any atom is 0.268 e. The van der Waals surface area contributed by atoms with Gasteiger partial charge in [-0.2, -0.15) is 13.7 Å². The molecule has 0 aromatic rings. The van der Waals surface area contributed by atoms with E-state index in [2.05, 4.69) is 0 Å². The first-order chi connectivity index (χ1) is 6.54. The second-order valence-corrected chi connectivity index (χ2v) is 5.01. The van der Waals surface area contributed by atoms with Crippen LogP contribution in [0.4, 0.5) is 0 Å². The Bertz CT molecular complexity index is 324. The maximum absolute atomic E-state index is 11.2. The van der Waals surface area contributed by atoms with E-state index in [4.69, 9.17) is 14.2 Å². The predicted molar refractivity (Wildman–Crippen MR) is 48.9 cm³/mol. The third kappa shape index (κ3) is 2.67. The van der Waals surface area contributed by atoms with Crippen molar-refractivity contribution < 1.29 is 17.3 Å². The quantitative estimate of drug-likeness (QED) is 0.643. The Kier molecular flexibility index (Phi) is 3.48. The van der Waals surface area contributed by atoms with Gasteiger partial charge in [0.25, 0.3) is 10.1 Å². The van der Waals surface area contributed by atoms with Crippen molar-refractivity contribution >= 4 is 10.1 Å². The van der Waals surface area contributed by atoms with Crippen LogP contribution >= 0.6 is 0 Å². The number of hydrogen-bond acceptors (Lipinski definition) is 5. The van der Waals surface area contributed by atoms with Crippen LogP contribution < -0.4 is 0 Å². The fourth-order valence-electron chi connectivity index (χ4n) is 1.22. The molecule has 1 fully saturated rings. The monoisotopic (exact) mass is 219 g/mol. The molecule has 0 aromatic carbocycles. The number of ether oxygens (including phenoxy) is 1. The minimum absolute atomic E-state index is 0.114. The summed E-state index contributed by atoms with van der Waals surface area (Å²) in [4.78, 5) is 0. The van der Waals surface area contributed by atoms with Crippen LogP contribution in [0.15, 0.2) is 0 Å². The van der Waals surface area contributed by atoms with E-state index in [9.17, 15) is 8.42 Å². The molecule has 1 aliphatic rings. The van der Waals surface area contributed by atoms with Crippen molar-refractivity contribution in [3.05, 3.63) is 0 Å². The molecule has 0 bridgehead atoms. The van der Waals surface area contributed by atoms with Crippen LogP contribution in [0.2, 0.25) is 0 Å². The van der Waals surface area contributed by atoms with Gasteiger partial charge in [0.2, 0.25) is 0 Å². The fraction of sp³-hybridized carbons (Fsp3) is 0.875. The van der Waals surface area contributed by atoms with Crippen LogP contribution in [0.3, 0.4) is 0 Å². The molecule has 14 heavy (non-hydrogen) atoms. The molecule has 6 heteroatoms. The number of rotatable bonds is 3. The largest absolute Gasteiger partial charge is 0.381 e. The Balaban J connectivity index is 2.77.